The summed E-state index contributed by atoms with van der Waals surface area (Å²) in [5.74, 6) is -0.881. The van der Waals surface area contributed by atoms with E-state index in [-0.39, 0.29) is 18.7 Å². The molecule has 1 saturated heterocycles. The Morgan fingerprint density at radius 1 is 1.42 bits per heavy atom. The van der Waals surface area contributed by atoms with E-state index in [1.807, 2.05) is 6.92 Å². The number of piperidine rings is 1. The molecule has 0 aromatic heterocycles. The van der Waals surface area contributed by atoms with Crippen molar-refractivity contribution in [2.75, 3.05) is 26.7 Å². The molecule has 0 spiro atoms. The lowest BCUT2D eigenvalue weighted by Gasteiger charge is -2.32. The Balaban J connectivity index is 2.42. The van der Waals surface area contributed by atoms with Crippen LogP contribution in [0.1, 0.15) is 33.1 Å². The summed E-state index contributed by atoms with van der Waals surface area (Å²) in [5, 5.41) is 11.9. The highest BCUT2D eigenvalue weighted by atomic mass is 16.5. The molecule has 0 bridgehead atoms. The van der Waals surface area contributed by atoms with E-state index in [4.69, 9.17) is 9.84 Å². The lowest BCUT2D eigenvalue weighted by atomic mass is 9.88. The summed E-state index contributed by atoms with van der Waals surface area (Å²) in [6, 6.07) is -0.185. The second-order valence-electron chi connectivity index (χ2n) is 5.30. The van der Waals surface area contributed by atoms with E-state index in [0.29, 0.717) is 19.5 Å². The number of nitrogens with zero attached hydrogens (tertiary/aromatic N) is 1. The Bertz CT molecular complexity index is 327. The van der Waals surface area contributed by atoms with Crippen LogP contribution >= 0.6 is 0 Å². The molecule has 2 N–H and O–H groups in total. The fourth-order valence-electron chi connectivity index (χ4n) is 2.03. The van der Waals surface area contributed by atoms with Gasteiger partial charge < -0.3 is 20.1 Å². The van der Waals surface area contributed by atoms with Crippen LogP contribution in [0.3, 0.4) is 0 Å². The number of carbonyl (C=O) groups is 2. The lowest BCUT2D eigenvalue weighted by Crippen LogP contribution is -2.49. The fourth-order valence-corrected chi connectivity index (χ4v) is 2.03. The Morgan fingerprint density at radius 2 is 2.00 bits per heavy atom. The van der Waals surface area contributed by atoms with Crippen LogP contribution in [0, 0.1) is 5.41 Å². The van der Waals surface area contributed by atoms with Crippen molar-refractivity contribution in [2.24, 2.45) is 5.41 Å². The van der Waals surface area contributed by atoms with Gasteiger partial charge in [-0.2, -0.15) is 0 Å². The molecule has 6 heteroatoms. The molecule has 19 heavy (non-hydrogen) atoms. The largest absolute Gasteiger partial charge is 0.481 e. The molecule has 0 aromatic rings. The molecule has 1 atom stereocenters. The predicted molar refractivity (Wildman–Crippen MR) is 71.0 cm³/mol. The van der Waals surface area contributed by atoms with E-state index in [2.05, 4.69) is 5.32 Å². The molecule has 1 fully saturated rings. The van der Waals surface area contributed by atoms with Crippen LogP contribution in [-0.4, -0.2) is 54.9 Å². The minimum atomic E-state index is -0.902. The predicted octanol–water partition coefficient (Wildman–Crippen LogP) is 1.31. The van der Waals surface area contributed by atoms with Crippen LogP contribution in [0.2, 0.25) is 0 Å². The topological polar surface area (TPSA) is 78.9 Å². The molecule has 0 aliphatic carbocycles. The van der Waals surface area contributed by atoms with Crippen LogP contribution in [-0.2, 0) is 9.53 Å². The number of carboxylic acid groups (broad SMARTS) is 1. The summed E-state index contributed by atoms with van der Waals surface area (Å²) in [6.07, 6.45) is 2.36. The third-order valence-corrected chi connectivity index (χ3v) is 3.99. The molecule has 1 unspecified atom stereocenters. The van der Waals surface area contributed by atoms with Crippen molar-refractivity contribution in [3.8, 4) is 0 Å². The first-order chi connectivity index (χ1) is 8.92. The number of carbonyl (C=O) groups excluding carboxylic acids is 1. The van der Waals surface area contributed by atoms with E-state index in [0.717, 1.165) is 12.8 Å². The summed E-state index contributed by atoms with van der Waals surface area (Å²) in [7, 11) is 1.68. The van der Waals surface area contributed by atoms with Gasteiger partial charge in [0, 0.05) is 26.7 Å². The first kappa shape index (κ1) is 15.8. The number of aliphatic carboxylic acids is 1. The quantitative estimate of drug-likeness (QED) is 0.791. The molecule has 0 aromatic carbocycles. The molecule has 110 valence electrons. The molecule has 2 amide bonds. The highest BCUT2D eigenvalue weighted by Gasteiger charge is 2.32. The van der Waals surface area contributed by atoms with Gasteiger partial charge in [0.15, 0.2) is 0 Å². The molecule has 0 radical (unpaired) electrons. The number of urea groups is 1. The van der Waals surface area contributed by atoms with Gasteiger partial charge in [-0.15, -0.1) is 0 Å². The van der Waals surface area contributed by atoms with Gasteiger partial charge in [-0.25, -0.2) is 4.79 Å². The van der Waals surface area contributed by atoms with Crippen molar-refractivity contribution in [3.63, 3.8) is 0 Å². The van der Waals surface area contributed by atoms with Crippen LogP contribution in [0.25, 0.3) is 0 Å². The smallest absolute Gasteiger partial charge is 0.317 e. The maximum Gasteiger partial charge on any atom is 0.317 e. The van der Waals surface area contributed by atoms with Crippen molar-refractivity contribution in [1.82, 2.24) is 10.2 Å². The minimum absolute atomic E-state index is 0.155. The third-order valence-electron chi connectivity index (χ3n) is 3.99. The van der Waals surface area contributed by atoms with Crippen molar-refractivity contribution >= 4 is 12.0 Å². The average Bonchev–Trinajstić information content (AvgIpc) is 2.44. The molecule has 1 heterocycles. The van der Waals surface area contributed by atoms with Gasteiger partial charge in [0.05, 0.1) is 11.5 Å². The van der Waals surface area contributed by atoms with Crippen LogP contribution in [0.15, 0.2) is 0 Å². The number of hydrogen-bond acceptors (Lipinski definition) is 3. The van der Waals surface area contributed by atoms with Gasteiger partial charge in [0.1, 0.15) is 0 Å². The summed E-state index contributed by atoms with van der Waals surface area (Å²) in [4.78, 5) is 24.8. The van der Waals surface area contributed by atoms with Crippen molar-refractivity contribution in [3.05, 3.63) is 0 Å². The number of ether oxygens (including phenoxy) is 1. The molecule has 1 rings (SSSR count). The van der Waals surface area contributed by atoms with E-state index < -0.39 is 11.4 Å². The van der Waals surface area contributed by atoms with Gasteiger partial charge in [0.2, 0.25) is 0 Å². The summed E-state index contributed by atoms with van der Waals surface area (Å²) in [6.45, 7) is 4.92. The van der Waals surface area contributed by atoms with E-state index in [1.54, 1.807) is 18.9 Å². The number of amides is 2. The first-order valence-corrected chi connectivity index (χ1v) is 6.72. The zero-order chi connectivity index (χ0) is 14.5. The van der Waals surface area contributed by atoms with Gasteiger partial charge in [-0.3, -0.25) is 4.79 Å². The number of likely N-dealkylation sites (tertiary alicyclic amines) is 1. The highest BCUT2D eigenvalue weighted by Crippen LogP contribution is 2.20. The maximum atomic E-state index is 12.0. The number of rotatable bonds is 5. The van der Waals surface area contributed by atoms with E-state index in [1.165, 1.54) is 0 Å². The molecule has 6 nitrogen and oxygen atoms in total. The average molecular weight is 272 g/mol. The molecule has 1 aliphatic rings. The zero-order valence-corrected chi connectivity index (χ0v) is 11.9. The first-order valence-electron chi connectivity index (χ1n) is 6.72. The van der Waals surface area contributed by atoms with Gasteiger partial charge in [-0.1, -0.05) is 6.92 Å². The molecule has 0 saturated carbocycles. The molecule has 1 aliphatic heterocycles. The Kier molecular flexibility index (Phi) is 5.60. The van der Waals surface area contributed by atoms with E-state index >= 15 is 0 Å². The van der Waals surface area contributed by atoms with Crippen molar-refractivity contribution in [1.29, 1.82) is 0 Å². The third kappa shape index (κ3) is 4.09. The summed E-state index contributed by atoms with van der Waals surface area (Å²) in [5.41, 5.74) is -0.902. The Morgan fingerprint density at radius 3 is 2.42 bits per heavy atom. The summed E-state index contributed by atoms with van der Waals surface area (Å²) < 4.78 is 5.25. The van der Waals surface area contributed by atoms with Crippen LogP contribution in [0.4, 0.5) is 4.79 Å². The van der Waals surface area contributed by atoms with Crippen molar-refractivity contribution < 1.29 is 19.4 Å². The lowest BCUT2D eigenvalue weighted by molar-refractivity contribution is -0.147. The zero-order valence-electron chi connectivity index (χ0n) is 11.9. The Labute approximate surface area is 114 Å². The van der Waals surface area contributed by atoms with Crippen molar-refractivity contribution in [2.45, 2.75) is 39.2 Å². The number of nitrogens with one attached hydrogen (secondary N) is 1. The van der Waals surface area contributed by atoms with Crippen LogP contribution < -0.4 is 5.32 Å². The number of carboxylic acids is 1. The second-order valence-corrected chi connectivity index (χ2v) is 5.30. The monoisotopic (exact) mass is 272 g/mol. The van der Waals surface area contributed by atoms with Gasteiger partial charge in [0.25, 0.3) is 0 Å². The van der Waals surface area contributed by atoms with E-state index in [9.17, 15) is 9.59 Å². The Hall–Kier alpha value is -1.30. The maximum absolute atomic E-state index is 12.0. The summed E-state index contributed by atoms with van der Waals surface area (Å²) >= 11 is 0. The van der Waals surface area contributed by atoms with Gasteiger partial charge in [-0.05, 0) is 26.2 Å². The normalized spacial score (nSPS) is 19.8. The number of methoxy groups -OCH3 is 1. The molecular formula is C13H24N2O4. The fraction of sp³-hybridized carbons (Fsp3) is 0.846. The minimum Gasteiger partial charge on any atom is -0.481 e. The standard InChI is InChI=1S/C13H24N2O4/c1-4-13(2,11(16)17)9-14-12(18)15-7-5-10(19-3)6-8-15/h10H,4-9H2,1-3H3,(H,14,18)(H,16,17). The van der Waals surface area contributed by atoms with Gasteiger partial charge >= 0.3 is 12.0 Å². The highest BCUT2D eigenvalue weighted by molar-refractivity contribution is 5.77. The SMILES string of the molecule is CCC(C)(CNC(=O)N1CCC(OC)CC1)C(=O)O. The molecular weight excluding hydrogens is 248 g/mol. The number of hydrogen-bond donors (Lipinski definition) is 2. The van der Waals surface area contributed by atoms with Crippen LogP contribution in [0.5, 0.6) is 0 Å². The second kappa shape index (κ2) is 6.75.